The van der Waals surface area contributed by atoms with Crippen molar-refractivity contribution in [1.82, 2.24) is 0 Å². The zero-order chi connectivity index (χ0) is 18.6. The highest BCUT2D eigenvalue weighted by Crippen LogP contribution is 2.40. The number of methoxy groups -OCH3 is 1. The molecule has 0 saturated heterocycles. The van der Waals surface area contributed by atoms with Crippen LogP contribution in [0.5, 0.6) is 0 Å². The molecule has 0 fully saturated rings. The number of ether oxygens (including phenoxy) is 2. The Kier molecular flexibility index (Phi) is 5.71. The maximum Gasteiger partial charge on any atom is 0.336 e. The number of rotatable bonds is 4. The van der Waals surface area contributed by atoms with Gasteiger partial charge >= 0.3 is 11.9 Å². The number of hydrogen-bond donors (Lipinski definition) is 0. The summed E-state index contributed by atoms with van der Waals surface area (Å²) in [6.07, 6.45) is 0. The van der Waals surface area contributed by atoms with E-state index in [0.29, 0.717) is 22.5 Å². The molecule has 6 nitrogen and oxygen atoms in total. The number of carbonyl (C=O) groups is 2. The zero-order valence-corrected chi connectivity index (χ0v) is 14.7. The van der Waals surface area contributed by atoms with Gasteiger partial charge < -0.3 is 9.47 Å². The van der Waals surface area contributed by atoms with Gasteiger partial charge in [0.2, 0.25) is 0 Å². The molecule has 6 heteroatoms. The molecule has 0 amide bonds. The molecular formula is C19H20N2O4. The van der Waals surface area contributed by atoms with E-state index in [9.17, 15) is 9.59 Å². The molecule has 2 atom stereocenters. The molecule has 2 rings (SSSR count). The Labute approximate surface area is 146 Å². The molecule has 0 aromatic heterocycles. The van der Waals surface area contributed by atoms with Gasteiger partial charge in [0.15, 0.2) is 0 Å². The van der Waals surface area contributed by atoms with Crippen molar-refractivity contribution in [3.63, 3.8) is 0 Å². The quantitative estimate of drug-likeness (QED) is 0.786. The highest BCUT2D eigenvalue weighted by atomic mass is 16.5. The Morgan fingerprint density at radius 3 is 2.40 bits per heavy atom. The van der Waals surface area contributed by atoms with E-state index < -0.39 is 23.8 Å². The Morgan fingerprint density at radius 2 is 1.88 bits per heavy atom. The number of allylic oxidation sites excluding steroid dienone is 1. The molecular weight excluding hydrogens is 320 g/mol. The first-order chi connectivity index (χ1) is 11.9. The predicted octanol–water partition coefficient (Wildman–Crippen LogP) is 2.74. The van der Waals surface area contributed by atoms with Crippen molar-refractivity contribution < 1.29 is 19.1 Å². The van der Waals surface area contributed by atoms with E-state index in [0.717, 1.165) is 5.56 Å². The van der Waals surface area contributed by atoms with Crippen molar-refractivity contribution in [2.24, 2.45) is 10.9 Å². The lowest BCUT2D eigenvalue weighted by Gasteiger charge is -2.31. The number of nitriles is 1. The van der Waals surface area contributed by atoms with Crippen LogP contribution in [0, 0.1) is 17.2 Å². The van der Waals surface area contributed by atoms with Crippen LogP contribution in [-0.4, -0.2) is 31.4 Å². The SMILES string of the molecule is CCOC(=O)C1=C(C)N=C(C)C(C(=O)OC)C1c1ccc(C#N)cc1. The van der Waals surface area contributed by atoms with Gasteiger partial charge in [0, 0.05) is 17.3 Å². The van der Waals surface area contributed by atoms with E-state index in [1.165, 1.54) is 7.11 Å². The Morgan fingerprint density at radius 1 is 1.24 bits per heavy atom. The van der Waals surface area contributed by atoms with Gasteiger partial charge in [-0.15, -0.1) is 0 Å². The second-order valence-corrected chi connectivity index (χ2v) is 5.69. The third kappa shape index (κ3) is 3.61. The Balaban J connectivity index is 2.63. The van der Waals surface area contributed by atoms with Crippen LogP contribution in [-0.2, 0) is 19.1 Å². The van der Waals surface area contributed by atoms with Crippen LogP contribution in [0.15, 0.2) is 40.5 Å². The topological polar surface area (TPSA) is 88.8 Å². The smallest absolute Gasteiger partial charge is 0.336 e. The molecule has 1 heterocycles. The highest BCUT2D eigenvalue weighted by molar-refractivity contribution is 6.06. The van der Waals surface area contributed by atoms with E-state index in [2.05, 4.69) is 11.1 Å². The first kappa shape index (κ1) is 18.4. The minimum Gasteiger partial charge on any atom is -0.468 e. The third-order valence-corrected chi connectivity index (χ3v) is 4.18. The summed E-state index contributed by atoms with van der Waals surface area (Å²) in [5.41, 5.74) is 2.66. The molecule has 0 radical (unpaired) electrons. The zero-order valence-electron chi connectivity index (χ0n) is 14.7. The average molecular weight is 340 g/mol. The summed E-state index contributed by atoms with van der Waals surface area (Å²) in [4.78, 5) is 29.3. The maximum absolute atomic E-state index is 12.5. The molecule has 0 bridgehead atoms. The van der Waals surface area contributed by atoms with Crippen molar-refractivity contribution in [1.29, 1.82) is 5.26 Å². The summed E-state index contributed by atoms with van der Waals surface area (Å²) in [5, 5.41) is 8.98. The lowest BCUT2D eigenvalue weighted by molar-refractivity contribution is -0.144. The highest BCUT2D eigenvalue weighted by Gasteiger charge is 2.42. The second kappa shape index (κ2) is 7.75. The van der Waals surface area contributed by atoms with Crippen molar-refractivity contribution in [2.75, 3.05) is 13.7 Å². The molecule has 1 aliphatic rings. The third-order valence-electron chi connectivity index (χ3n) is 4.18. The molecule has 0 saturated carbocycles. The standard InChI is InChI=1S/C19H20N2O4/c1-5-25-19(23)16-12(3)21-11(2)15(18(22)24-4)17(16)14-8-6-13(10-20)7-9-14/h6-9,15,17H,5H2,1-4H3. The molecule has 0 spiro atoms. The number of nitrogens with zero attached hydrogens (tertiary/aromatic N) is 2. The van der Waals surface area contributed by atoms with Crippen LogP contribution in [0.4, 0.5) is 0 Å². The number of aliphatic imine (C=N–C) groups is 1. The number of carbonyl (C=O) groups excluding carboxylic acids is 2. The summed E-state index contributed by atoms with van der Waals surface area (Å²) in [5.74, 6) is -2.26. The molecule has 1 aliphatic heterocycles. The fourth-order valence-corrected chi connectivity index (χ4v) is 3.07. The molecule has 1 aromatic rings. The van der Waals surface area contributed by atoms with Gasteiger partial charge in [-0.1, -0.05) is 12.1 Å². The first-order valence-electron chi connectivity index (χ1n) is 7.95. The van der Waals surface area contributed by atoms with E-state index in [1.807, 2.05) is 0 Å². The van der Waals surface area contributed by atoms with E-state index in [-0.39, 0.29) is 6.61 Å². The van der Waals surface area contributed by atoms with Gasteiger partial charge in [-0.3, -0.25) is 9.79 Å². The molecule has 2 unspecified atom stereocenters. The van der Waals surface area contributed by atoms with Gasteiger partial charge in [0.1, 0.15) is 5.92 Å². The minimum atomic E-state index is -0.721. The summed E-state index contributed by atoms with van der Waals surface area (Å²) in [6, 6.07) is 8.85. The van der Waals surface area contributed by atoms with E-state index in [4.69, 9.17) is 14.7 Å². The summed E-state index contributed by atoms with van der Waals surface area (Å²) in [7, 11) is 1.31. The van der Waals surface area contributed by atoms with Crippen molar-refractivity contribution in [2.45, 2.75) is 26.7 Å². The van der Waals surface area contributed by atoms with Crippen LogP contribution >= 0.6 is 0 Å². The monoisotopic (exact) mass is 340 g/mol. The van der Waals surface area contributed by atoms with Crippen LogP contribution < -0.4 is 0 Å². The molecule has 0 N–H and O–H groups in total. The maximum atomic E-state index is 12.5. The van der Waals surface area contributed by atoms with Gasteiger partial charge in [0.05, 0.1) is 30.9 Å². The molecule has 0 aliphatic carbocycles. The van der Waals surface area contributed by atoms with Gasteiger partial charge in [-0.05, 0) is 38.5 Å². The number of esters is 2. The van der Waals surface area contributed by atoms with Crippen molar-refractivity contribution >= 4 is 17.7 Å². The lowest BCUT2D eigenvalue weighted by Crippen LogP contribution is -2.36. The Hall–Kier alpha value is -2.94. The van der Waals surface area contributed by atoms with E-state index in [1.54, 1.807) is 45.0 Å². The van der Waals surface area contributed by atoms with Crippen LogP contribution in [0.3, 0.4) is 0 Å². The lowest BCUT2D eigenvalue weighted by atomic mass is 9.75. The molecule has 25 heavy (non-hydrogen) atoms. The summed E-state index contributed by atoms with van der Waals surface area (Å²) >= 11 is 0. The summed E-state index contributed by atoms with van der Waals surface area (Å²) < 4.78 is 10.1. The average Bonchev–Trinajstić information content (AvgIpc) is 2.60. The Bertz CT molecular complexity index is 785. The fraction of sp³-hybridized carbons (Fsp3) is 0.368. The molecule has 130 valence electrons. The van der Waals surface area contributed by atoms with Crippen molar-refractivity contribution in [3.8, 4) is 6.07 Å². The van der Waals surface area contributed by atoms with Gasteiger partial charge in [-0.25, -0.2) is 4.79 Å². The molecule has 1 aromatic carbocycles. The largest absolute Gasteiger partial charge is 0.468 e. The van der Waals surface area contributed by atoms with Gasteiger partial charge in [-0.2, -0.15) is 5.26 Å². The number of hydrogen-bond acceptors (Lipinski definition) is 6. The normalized spacial score (nSPS) is 19.7. The minimum absolute atomic E-state index is 0.224. The van der Waals surface area contributed by atoms with Crippen LogP contribution in [0.2, 0.25) is 0 Å². The van der Waals surface area contributed by atoms with Crippen LogP contribution in [0.1, 0.15) is 37.8 Å². The summed E-state index contributed by atoms with van der Waals surface area (Å²) in [6.45, 7) is 5.41. The van der Waals surface area contributed by atoms with Crippen molar-refractivity contribution in [3.05, 3.63) is 46.7 Å². The van der Waals surface area contributed by atoms with E-state index >= 15 is 0 Å². The second-order valence-electron chi connectivity index (χ2n) is 5.69. The predicted molar refractivity (Wildman–Crippen MR) is 91.8 cm³/mol. The van der Waals surface area contributed by atoms with Crippen LogP contribution in [0.25, 0.3) is 0 Å². The fourth-order valence-electron chi connectivity index (χ4n) is 3.07. The van der Waals surface area contributed by atoms with Gasteiger partial charge in [0.25, 0.3) is 0 Å². The first-order valence-corrected chi connectivity index (χ1v) is 7.95. The number of benzene rings is 1.